The molecule has 6 nitrogen and oxygen atoms in total. The molecule has 94 valence electrons. The summed E-state index contributed by atoms with van der Waals surface area (Å²) in [4.78, 5) is 15.4. The smallest absolute Gasteiger partial charge is 0.271 e. The predicted molar refractivity (Wildman–Crippen MR) is 69.2 cm³/mol. The number of nitrogens with two attached hydrogens (primary N) is 1. The minimum atomic E-state index is -0.299. The Morgan fingerprint density at radius 1 is 1.44 bits per heavy atom. The van der Waals surface area contributed by atoms with Gasteiger partial charge in [0.05, 0.1) is 10.0 Å². The van der Waals surface area contributed by atoms with Crippen LogP contribution in [0.3, 0.4) is 0 Å². The summed E-state index contributed by atoms with van der Waals surface area (Å²) >= 11 is 11.8. The van der Waals surface area contributed by atoms with Crippen molar-refractivity contribution in [1.82, 2.24) is 20.1 Å². The van der Waals surface area contributed by atoms with E-state index in [1.807, 2.05) is 0 Å². The van der Waals surface area contributed by atoms with E-state index in [-0.39, 0.29) is 22.4 Å². The summed E-state index contributed by atoms with van der Waals surface area (Å²) in [6.45, 7) is 0. The van der Waals surface area contributed by atoms with Crippen molar-refractivity contribution in [3.05, 3.63) is 34.1 Å². The fraction of sp³-hybridized carbons (Fsp3) is 0.100. The van der Waals surface area contributed by atoms with Crippen molar-refractivity contribution >= 4 is 34.9 Å². The Hall–Kier alpha value is -1.79. The van der Waals surface area contributed by atoms with Crippen LogP contribution in [0.15, 0.2) is 18.3 Å². The SMILES string of the molecule is CNC(=O)c1ccn(-c2nc(N)c(Cl)cc2Cl)n1. The number of amides is 1. The Balaban J connectivity index is 2.46. The van der Waals surface area contributed by atoms with Gasteiger partial charge in [-0.1, -0.05) is 23.2 Å². The minimum Gasteiger partial charge on any atom is -0.382 e. The van der Waals surface area contributed by atoms with Gasteiger partial charge in [-0.2, -0.15) is 5.10 Å². The molecule has 2 rings (SSSR count). The molecular weight excluding hydrogens is 277 g/mol. The van der Waals surface area contributed by atoms with Crippen molar-refractivity contribution in [2.45, 2.75) is 0 Å². The Kier molecular flexibility index (Phi) is 3.40. The van der Waals surface area contributed by atoms with Crippen molar-refractivity contribution in [3.8, 4) is 5.82 Å². The van der Waals surface area contributed by atoms with Crippen LogP contribution in [0.1, 0.15) is 10.5 Å². The number of pyridine rings is 1. The molecular formula is C10H9Cl2N5O. The summed E-state index contributed by atoms with van der Waals surface area (Å²) in [5, 5.41) is 7.07. The van der Waals surface area contributed by atoms with E-state index >= 15 is 0 Å². The molecule has 0 radical (unpaired) electrons. The van der Waals surface area contributed by atoms with E-state index in [9.17, 15) is 4.79 Å². The molecule has 0 saturated heterocycles. The minimum absolute atomic E-state index is 0.146. The van der Waals surface area contributed by atoms with Crippen LogP contribution in [-0.4, -0.2) is 27.7 Å². The van der Waals surface area contributed by atoms with E-state index in [1.54, 1.807) is 12.3 Å². The molecule has 8 heteroatoms. The van der Waals surface area contributed by atoms with Crippen molar-refractivity contribution in [2.24, 2.45) is 0 Å². The number of aromatic nitrogens is 3. The van der Waals surface area contributed by atoms with Gasteiger partial charge in [0.25, 0.3) is 5.91 Å². The van der Waals surface area contributed by atoms with Gasteiger partial charge in [-0.25, -0.2) is 9.67 Å². The summed E-state index contributed by atoms with van der Waals surface area (Å²) in [7, 11) is 1.52. The van der Waals surface area contributed by atoms with Crippen LogP contribution in [0.5, 0.6) is 0 Å². The zero-order valence-corrected chi connectivity index (χ0v) is 10.8. The van der Waals surface area contributed by atoms with Gasteiger partial charge >= 0.3 is 0 Å². The molecule has 3 N–H and O–H groups in total. The normalized spacial score (nSPS) is 10.4. The molecule has 0 saturated carbocycles. The summed E-state index contributed by atoms with van der Waals surface area (Å²) in [5.41, 5.74) is 5.85. The van der Waals surface area contributed by atoms with E-state index < -0.39 is 0 Å². The quantitative estimate of drug-likeness (QED) is 0.876. The van der Waals surface area contributed by atoms with Gasteiger partial charge in [0.1, 0.15) is 5.82 Å². The highest BCUT2D eigenvalue weighted by molar-refractivity contribution is 6.36. The highest BCUT2D eigenvalue weighted by Gasteiger charge is 2.13. The summed E-state index contributed by atoms with van der Waals surface area (Å²) < 4.78 is 1.36. The van der Waals surface area contributed by atoms with E-state index in [1.165, 1.54) is 17.8 Å². The molecule has 0 atom stereocenters. The molecule has 0 aliphatic carbocycles. The van der Waals surface area contributed by atoms with Crippen LogP contribution in [0.4, 0.5) is 5.82 Å². The third-order valence-electron chi connectivity index (χ3n) is 2.20. The number of rotatable bonds is 2. The standard InChI is InChI=1S/C10H9Cl2N5O/c1-14-10(18)7-2-3-17(16-7)9-6(12)4-5(11)8(13)15-9/h2-4H,1H3,(H2,13,15)(H,14,18). The average Bonchev–Trinajstić information content (AvgIpc) is 2.82. The van der Waals surface area contributed by atoms with Crippen LogP contribution in [-0.2, 0) is 0 Å². The summed E-state index contributed by atoms with van der Waals surface area (Å²) in [5.74, 6) is 0.161. The number of hydrogen-bond donors (Lipinski definition) is 2. The van der Waals surface area contributed by atoms with Crippen LogP contribution in [0, 0.1) is 0 Å². The Morgan fingerprint density at radius 2 is 2.17 bits per heavy atom. The maximum absolute atomic E-state index is 11.4. The topological polar surface area (TPSA) is 85.8 Å². The number of nitrogens with one attached hydrogen (secondary N) is 1. The van der Waals surface area contributed by atoms with Crippen LogP contribution < -0.4 is 11.1 Å². The zero-order valence-electron chi connectivity index (χ0n) is 9.32. The fourth-order valence-corrected chi connectivity index (χ4v) is 1.77. The van der Waals surface area contributed by atoms with Crippen molar-refractivity contribution in [1.29, 1.82) is 0 Å². The van der Waals surface area contributed by atoms with Crippen molar-refractivity contribution in [2.75, 3.05) is 12.8 Å². The molecule has 0 unspecified atom stereocenters. The second kappa shape index (κ2) is 4.83. The Bertz CT molecular complexity index is 610. The third-order valence-corrected chi connectivity index (χ3v) is 2.78. The van der Waals surface area contributed by atoms with E-state index in [0.29, 0.717) is 10.8 Å². The Labute approximate surface area is 113 Å². The number of carbonyl (C=O) groups excluding carboxylic acids is 1. The molecule has 2 heterocycles. The van der Waals surface area contributed by atoms with E-state index in [0.717, 1.165) is 0 Å². The lowest BCUT2D eigenvalue weighted by molar-refractivity contribution is 0.0957. The molecule has 0 bridgehead atoms. The van der Waals surface area contributed by atoms with Gasteiger partial charge in [0, 0.05) is 13.2 Å². The van der Waals surface area contributed by atoms with Crippen LogP contribution in [0.2, 0.25) is 10.0 Å². The first-order valence-electron chi connectivity index (χ1n) is 4.92. The zero-order chi connectivity index (χ0) is 13.3. The van der Waals surface area contributed by atoms with Crippen molar-refractivity contribution in [3.63, 3.8) is 0 Å². The number of hydrogen-bond acceptors (Lipinski definition) is 4. The molecule has 1 amide bonds. The first-order chi connectivity index (χ1) is 8.52. The van der Waals surface area contributed by atoms with Gasteiger partial charge < -0.3 is 11.1 Å². The third kappa shape index (κ3) is 2.25. The molecule has 18 heavy (non-hydrogen) atoms. The maximum atomic E-state index is 11.4. The van der Waals surface area contributed by atoms with Crippen molar-refractivity contribution < 1.29 is 4.79 Å². The van der Waals surface area contributed by atoms with Gasteiger partial charge in [0.15, 0.2) is 11.5 Å². The molecule has 0 aliphatic heterocycles. The van der Waals surface area contributed by atoms with Gasteiger partial charge in [-0.3, -0.25) is 4.79 Å². The summed E-state index contributed by atoms with van der Waals surface area (Å²) in [6.07, 6.45) is 1.56. The molecule has 0 aliphatic rings. The highest BCUT2D eigenvalue weighted by atomic mass is 35.5. The number of nitrogens with zero attached hydrogens (tertiary/aromatic N) is 3. The number of anilines is 1. The number of nitrogen functional groups attached to an aromatic ring is 1. The van der Waals surface area contributed by atoms with E-state index in [2.05, 4.69) is 15.4 Å². The second-order valence-corrected chi connectivity index (χ2v) is 4.20. The lowest BCUT2D eigenvalue weighted by atomic mass is 10.4. The molecule has 0 fully saturated rings. The monoisotopic (exact) mass is 285 g/mol. The highest BCUT2D eigenvalue weighted by Crippen LogP contribution is 2.26. The lowest BCUT2D eigenvalue weighted by Crippen LogP contribution is -2.18. The first kappa shape index (κ1) is 12.7. The van der Waals surface area contributed by atoms with Gasteiger partial charge in [-0.15, -0.1) is 0 Å². The average molecular weight is 286 g/mol. The Morgan fingerprint density at radius 3 is 2.83 bits per heavy atom. The second-order valence-electron chi connectivity index (χ2n) is 3.39. The van der Waals surface area contributed by atoms with Gasteiger partial charge in [-0.05, 0) is 12.1 Å². The maximum Gasteiger partial charge on any atom is 0.271 e. The van der Waals surface area contributed by atoms with Crippen LogP contribution >= 0.6 is 23.2 Å². The molecule has 0 aromatic carbocycles. The predicted octanol–water partition coefficient (Wildman–Crippen LogP) is 1.52. The summed E-state index contributed by atoms with van der Waals surface area (Å²) in [6, 6.07) is 3.02. The molecule has 0 spiro atoms. The van der Waals surface area contributed by atoms with Crippen LogP contribution in [0.25, 0.3) is 5.82 Å². The fourth-order valence-electron chi connectivity index (χ4n) is 1.32. The largest absolute Gasteiger partial charge is 0.382 e. The molecule has 2 aromatic heterocycles. The number of halogens is 2. The van der Waals surface area contributed by atoms with E-state index in [4.69, 9.17) is 28.9 Å². The van der Waals surface area contributed by atoms with Gasteiger partial charge in [0.2, 0.25) is 0 Å². The lowest BCUT2D eigenvalue weighted by Gasteiger charge is -2.05. The number of carbonyl (C=O) groups is 1. The first-order valence-corrected chi connectivity index (χ1v) is 5.68. The molecule has 2 aromatic rings.